The van der Waals surface area contributed by atoms with Gasteiger partial charge in [-0.15, -0.1) is 11.3 Å². The Balaban J connectivity index is 1.60. The van der Waals surface area contributed by atoms with E-state index >= 15 is 0 Å². The van der Waals surface area contributed by atoms with E-state index in [0.717, 1.165) is 34.8 Å². The lowest BCUT2D eigenvalue weighted by atomic mass is 10.2. The van der Waals surface area contributed by atoms with Crippen LogP contribution in [0.25, 0.3) is 10.6 Å². The number of aromatic nitrogens is 1. The fourth-order valence-corrected chi connectivity index (χ4v) is 3.80. The third-order valence-corrected chi connectivity index (χ3v) is 5.42. The van der Waals surface area contributed by atoms with E-state index < -0.39 is 0 Å². The molecule has 2 aromatic carbocycles. The number of rotatable bonds is 6. The van der Waals surface area contributed by atoms with Crippen molar-refractivity contribution in [1.82, 2.24) is 4.98 Å². The number of benzene rings is 2. The first-order chi connectivity index (χ1) is 13.3. The summed E-state index contributed by atoms with van der Waals surface area (Å²) in [5, 5.41) is 0.792. The Hall–Kier alpha value is -2.86. The van der Waals surface area contributed by atoms with Crippen LogP contribution in [0.4, 0.5) is 5.69 Å². The van der Waals surface area contributed by atoms with Gasteiger partial charge >= 0.3 is 0 Å². The Morgan fingerprint density at radius 3 is 2.78 bits per heavy atom. The third-order valence-electron chi connectivity index (χ3n) is 4.38. The summed E-state index contributed by atoms with van der Waals surface area (Å²) in [7, 11) is 0. The van der Waals surface area contributed by atoms with Crippen molar-refractivity contribution in [3.63, 3.8) is 0 Å². The van der Waals surface area contributed by atoms with Crippen LogP contribution in [0.15, 0.2) is 54.7 Å². The van der Waals surface area contributed by atoms with Crippen molar-refractivity contribution in [1.29, 1.82) is 0 Å². The lowest BCUT2D eigenvalue weighted by Crippen LogP contribution is -2.31. The van der Waals surface area contributed by atoms with E-state index in [4.69, 9.17) is 9.47 Å². The molecule has 0 atom stereocenters. The smallest absolute Gasteiger partial charge is 0.269 e. The molecule has 1 aliphatic rings. The minimum absolute atomic E-state index is 0.0147. The second-order valence-electron chi connectivity index (χ2n) is 6.24. The van der Waals surface area contributed by atoms with Crippen molar-refractivity contribution in [2.75, 3.05) is 18.2 Å². The molecule has 4 rings (SSSR count). The zero-order chi connectivity index (χ0) is 18.6. The Kier molecular flexibility index (Phi) is 5.07. The van der Waals surface area contributed by atoms with Crippen LogP contribution in [0.2, 0.25) is 0 Å². The first-order valence-corrected chi connectivity index (χ1v) is 9.80. The second-order valence-corrected chi connectivity index (χ2v) is 7.27. The summed E-state index contributed by atoms with van der Waals surface area (Å²) in [6.45, 7) is 3.05. The average molecular weight is 380 g/mol. The molecular weight excluding hydrogens is 360 g/mol. The van der Waals surface area contributed by atoms with E-state index in [-0.39, 0.29) is 12.7 Å². The molecule has 0 radical (unpaired) electrons. The molecule has 0 unspecified atom stereocenters. The van der Waals surface area contributed by atoms with Gasteiger partial charge in [0.15, 0.2) is 11.5 Å². The molecule has 0 aliphatic carbocycles. The van der Waals surface area contributed by atoms with E-state index in [1.807, 2.05) is 53.4 Å². The van der Waals surface area contributed by atoms with Crippen molar-refractivity contribution in [2.45, 2.75) is 19.8 Å². The monoisotopic (exact) mass is 380 g/mol. The van der Waals surface area contributed by atoms with Crippen LogP contribution >= 0.6 is 11.3 Å². The maximum Gasteiger partial charge on any atom is 0.269 e. The molecule has 0 N–H and O–H groups in total. The first-order valence-electron chi connectivity index (χ1n) is 8.99. The fourth-order valence-electron chi connectivity index (χ4n) is 2.94. The molecule has 0 fully saturated rings. The summed E-state index contributed by atoms with van der Waals surface area (Å²) < 4.78 is 10.8. The molecular formula is C21H20N2O3S. The normalized spacial score (nSPS) is 12.2. The molecule has 3 aromatic rings. The van der Waals surface area contributed by atoms with Gasteiger partial charge in [-0.05, 0) is 36.8 Å². The molecule has 0 bridgehead atoms. The van der Waals surface area contributed by atoms with E-state index in [2.05, 4.69) is 11.9 Å². The van der Waals surface area contributed by atoms with Crippen LogP contribution in [0.5, 0.6) is 11.5 Å². The number of nitrogens with zero attached hydrogens (tertiary/aromatic N) is 2. The highest BCUT2D eigenvalue weighted by molar-refractivity contribution is 7.17. The van der Waals surface area contributed by atoms with Crippen LogP contribution in [0.3, 0.4) is 0 Å². The van der Waals surface area contributed by atoms with Gasteiger partial charge in [0.2, 0.25) is 6.79 Å². The number of hydrogen-bond donors (Lipinski definition) is 0. The van der Waals surface area contributed by atoms with Gasteiger partial charge in [0.25, 0.3) is 5.91 Å². The minimum Gasteiger partial charge on any atom is -0.454 e. The highest BCUT2D eigenvalue weighted by Gasteiger charge is 2.21. The number of thiazole rings is 1. The predicted octanol–water partition coefficient (Wildman–Crippen LogP) is 4.99. The van der Waals surface area contributed by atoms with Crippen molar-refractivity contribution in [3.05, 3.63) is 59.6 Å². The first kappa shape index (κ1) is 17.5. The molecule has 138 valence electrons. The van der Waals surface area contributed by atoms with Crippen molar-refractivity contribution in [3.8, 4) is 22.1 Å². The fraction of sp³-hybridized carbons (Fsp3) is 0.238. The van der Waals surface area contributed by atoms with Gasteiger partial charge in [-0.3, -0.25) is 4.79 Å². The van der Waals surface area contributed by atoms with Gasteiger partial charge in [-0.25, -0.2) is 4.98 Å². The summed E-state index contributed by atoms with van der Waals surface area (Å²) in [6.07, 6.45) is 3.64. The standard InChI is InChI=1S/C21H20N2O3S/c1-2-3-11-23(16-7-5-4-6-8-16)21(24)19-13-22-20(27-19)15-9-10-17-18(12-15)26-14-25-17/h4-10,12-13H,2-3,11,14H2,1H3. The highest BCUT2D eigenvalue weighted by Crippen LogP contribution is 2.37. The number of anilines is 1. The Morgan fingerprint density at radius 2 is 1.96 bits per heavy atom. The number of hydrogen-bond acceptors (Lipinski definition) is 5. The van der Waals surface area contributed by atoms with Crippen molar-refractivity contribution >= 4 is 22.9 Å². The maximum atomic E-state index is 13.1. The van der Waals surface area contributed by atoms with Crippen LogP contribution in [-0.4, -0.2) is 24.2 Å². The summed E-state index contributed by atoms with van der Waals surface area (Å²) >= 11 is 1.40. The quantitative estimate of drug-likeness (QED) is 0.605. The van der Waals surface area contributed by atoms with Gasteiger partial charge in [-0.1, -0.05) is 31.5 Å². The lowest BCUT2D eigenvalue weighted by molar-refractivity contribution is 0.0990. The number of amides is 1. The number of para-hydroxylation sites is 1. The molecule has 1 aromatic heterocycles. The van der Waals surface area contributed by atoms with Gasteiger partial charge in [0.1, 0.15) is 9.88 Å². The topological polar surface area (TPSA) is 51.7 Å². The molecule has 2 heterocycles. The SMILES string of the molecule is CCCCN(C(=O)c1cnc(-c2ccc3c(c2)OCO3)s1)c1ccccc1. The Labute approximate surface area is 162 Å². The molecule has 0 saturated carbocycles. The summed E-state index contributed by atoms with van der Waals surface area (Å²) in [4.78, 5) is 20.1. The maximum absolute atomic E-state index is 13.1. The van der Waals surface area contributed by atoms with Crippen LogP contribution < -0.4 is 14.4 Å². The summed E-state index contributed by atoms with van der Waals surface area (Å²) in [5.41, 5.74) is 1.83. The van der Waals surface area contributed by atoms with E-state index in [9.17, 15) is 4.79 Å². The largest absolute Gasteiger partial charge is 0.454 e. The molecule has 27 heavy (non-hydrogen) atoms. The van der Waals surface area contributed by atoms with Crippen LogP contribution in [0.1, 0.15) is 29.4 Å². The summed E-state index contributed by atoms with van der Waals surface area (Å²) in [6, 6.07) is 15.5. The third kappa shape index (κ3) is 3.66. The minimum atomic E-state index is -0.0147. The van der Waals surface area contributed by atoms with Gasteiger partial charge < -0.3 is 14.4 Å². The zero-order valence-electron chi connectivity index (χ0n) is 15.1. The lowest BCUT2D eigenvalue weighted by Gasteiger charge is -2.21. The van der Waals surface area contributed by atoms with Crippen LogP contribution in [-0.2, 0) is 0 Å². The Bertz CT molecular complexity index is 940. The molecule has 0 spiro atoms. The molecule has 1 aliphatic heterocycles. The van der Waals surface area contributed by atoms with Crippen LogP contribution in [0, 0.1) is 0 Å². The number of fused-ring (bicyclic) bond motifs is 1. The van der Waals surface area contributed by atoms with Crippen molar-refractivity contribution in [2.24, 2.45) is 0 Å². The Morgan fingerprint density at radius 1 is 1.15 bits per heavy atom. The van der Waals surface area contributed by atoms with E-state index in [0.29, 0.717) is 17.2 Å². The average Bonchev–Trinajstić information content (AvgIpc) is 3.38. The number of carbonyl (C=O) groups is 1. The molecule has 6 heteroatoms. The predicted molar refractivity (Wildman–Crippen MR) is 107 cm³/mol. The summed E-state index contributed by atoms with van der Waals surface area (Å²) in [5.74, 6) is 1.44. The number of ether oxygens (including phenoxy) is 2. The molecule has 1 amide bonds. The highest BCUT2D eigenvalue weighted by atomic mass is 32.1. The molecule has 0 saturated heterocycles. The molecule has 5 nitrogen and oxygen atoms in total. The van der Waals surface area contributed by atoms with Gasteiger partial charge in [-0.2, -0.15) is 0 Å². The van der Waals surface area contributed by atoms with Gasteiger partial charge in [0.05, 0.1) is 6.20 Å². The number of carbonyl (C=O) groups excluding carboxylic acids is 1. The van der Waals surface area contributed by atoms with Gasteiger partial charge in [0, 0.05) is 17.8 Å². The zero-order valence-corrected chi connectivity index (χ0v) is 15.9. The second kappa shape index (κ2) is 7.80. The van der Waals surface area contributed by atoms with E-state index in [1.54, 1.807) is 6.20 Å². The van der Waals surface area contributed by atoms with Crippen molar-refractivity contribution < 1.29 is 14.3 Å². The van der Waals surface area contributed by atoms with E-state index in [1.165, 1.54) is 11.3 Å². The number of unbranched alkanes of at least 4 members (excludes halogenated alkanes) is 1.